The van der Waals surface area contributed by atoms with E-state index < -0.39 is 0 Å². The van der Waals surface area contributed by atoms with Crippen LogP contribution in [0.4, 0.5) is 0 Å². The molecule has 0 saturated carbocycles. The predicted molar refractivity (Wildman–Crippen MR) is 410 cm³/mol. The van der Waals surface area contributed by atoms with Gasteiger partial charge in [-0.3, -0.25) is 0 Å². The fourth-order valence-electron chi connectivity index (χ4n) is 9.81. The second-order valence-corrected chi connectivity index (χ2v) is 25.2. The molecule has 6 nitrogen and oxygen atoms in total. The number of unbranched alkanes of at least 4 members (excludes halogenated alkanes) is 36. The monoisotopic (exact) mass is 1320 g/mol. The summed E-state index contributed by atoms with van der Waals surface area (Å²) >= 11 is 3.55. The van der Waals surface area contributed by atoms with Crippen LogP contribution in [0.15, 0.2) is 97.2 Å². The van der Waals surface area contributed by atoms with E-state index in [0.29, 0.717) is 0 Å². The van der Waals surface area contributed by atoms with Crippen molar-refractivity contribution in [2.45, 2.75) is 363 Å². The number of nitrogens with zero attached hydrogens (tertiary/aromatic N) is 1. The molecule has 0 aliphatic rings. The van der Waals surface area contributed by atoms with Gasteiger partial charge in [0.1, 0.15) is 0 Å². The van der Waals surface area contributed by atoms with Gasteiger partial charge >= 0.3 is 0 Å². The maximum Gasteiger partial charge on any atom is 0.170 e. The Morgan fingerprint density at radius 3 is 0.652 bits per heavy atom. The Morgan fingerprint density at radius 1 is 0.281 bits per heavy atom. The van der Waals surface area contributed by atoms with Gasteiger partial charge in [-0.1, -0.05) is 310 Å². The van der Waals surface area contributed by atoms with E-state index >= 15 is 0 Å². The number of alkyl halides is 1. The predicted octanol–water partition coefficient (Wildman–Crippen LogP) is 27.0. The zero-order valence-corrected chi connectivity index (χ0v) is 61.1. The summed E-state index contributed by atoms with van der Waals surface area (Å²) < 4.78 is 24.1. The van der Waals surface area contributed by atoms with Crippen LogP contribution in [0.25, 0.3) is 0 Å². The van der Waals surface area contributed by atoms with Crippen molar-refractivity contribution in [1.82, 2.24) is 10.2 Å². The average Bonchev–Trinajstić information content (AvgIpc) is 3.53. The Balaban J connectivity index is -0.000000495. The van der Waals surface area contributed by atoms with Crippen molar-refractivity contribution >= 4 is 15.9 Å². The maximum absolute atomic E-state index is 6.11. The van der Waals surface area contributed by atoms with E-state index in [1.807, 2.05) is 14.1 Å². The van der Waals surface area contributed by atoms with Gasteiger partial charge in [-0.2, -0.15) is 0 Å². The lowest BCUT2D eigenvalue weighted by Gasteiger charge is -2.22. The van der Waals surface area contributed by atoms with Crippen molar-refractivity contribution in [3.63, 3.8) is 0 Å². The maximum atomic E-state index is 6.11. The van der Waals surface area contributed by atoms with Gasteiger partial charge in [0.15, 0.2) is 12.6 Å². The standard InChI is InChI=1S/C40H75NO2.C38H69BrO2.C2H7N.2CH4/c1-5-7-9-11-13-15-17-19-21-23-25-27-29-31-33-35-37-42-40(39-41(3)4)43-38-36-34-32-30-28-26-24-22-20-18-16-14-12-10-8-6-2;1-3-5-7-9-11-13-15-17-19-21-23-25-27-29-31-33-35-40-38(37-39)41-36-34-32-30-28-26-24-22-20-18-16-14-12-10-8-6-4-2;1-3-2;;/h13-16,19-22,40H,5-12,17-18,23-39H2,1-4H3;11-14,17-20,38H,3-10,15-16,21-37H2,1-2H3;3H,1-2H3;2*1H4/b15-13-,16-14-,21-19-,22-20-;13-11-,14-12-,19-17-,20-18-;;;. The molecule has 89 heavy (non-hydrogen) atoms. The average molecular weight is 1320 g/mol. The topological polar surface area (TPSA) is 52.2 Å². The normalized spacial score (nSPS) is 12.0. The summed E-state index contributed by atoms with van der Waals surface area (Å²) in [5.41, 5.74) is 0. The molecule has 0 aromatic carbocycles. The van der Waals surface area contributed by atoms with Crippen LogP contribution in [-0.4, -0.2) is 84.0 Å². The van der Waals surface area contributed by atoms with Gasteiger partial charge in [0, 0.05) is 33.0 Å². The highest BCUT2D eigenvalue weighted by Gasteiger charge is 2.11. The Labute approximate surface area is 568 Å². The van der Waals surface area contributed by atoms with E-state index in [-0.39, 0.29) is 27.4 Å². The van der Waals surface area contributed by atoms with E-state index in [1.54, 1.807) is 0 Å². The first-order chi connectivity index (χ1) is 43.0. The first kappa shape index (κ1) is 95.9. The molecule has 7 heteroatoms. The molecular formula is C82H159BrN2O4. The largest absolute Gasteiger partial charge is 0.352 e. The third-order valence-electron chi connectivity index (χ3n) is 15.2. The van der Waals surface area contributed by atoms with Gasteiger partial charge in [-0.15, -0.1) is 0 Å². The Kier molecular flexibility index (Phi) is 99.7. The minimum Gasteiger partial charge on any atom is -0.352 e. The van der Waals surface area contributed by atoms with Crippen LogP contribution in [0.3, 0.4) is 0 Å². The Morgan fingerprint density at radius 2 is 0.461 bits per heavy atom. The molecule has 0 radical (unpaired) electrons. The number of allylic oxidation sites excluding steroid dienone is 16. The van der Waals surface area contributed by atoms with Gasteiger partial charge in [0.05, 0.1) is 5.33 Å². The molecule has 0 aromatic heterocycles. The van der Waals surface area contributed by atoms with Gasteiger partial charge in [0.2, 0.25) is 0 Å². The van der Waals surface area contributed by atoms with Crippen LogP contribution in [0.1, 0.15) is 351 Å². The van der Waals surface area contributed by atoms with Gasteiger partial charge < -0.3 is 29.2 Å². The lowest BCUT2D eigenvalue weighted by molar-refractivity contribution is -0.150. The third-order valence-corrected chi connectivity index (χ3v) is 15.8. The molecule has 0 atom stereocenters. The summed E-state index contributed by atoms with van der Waals surface area (Å²) in [6.07, 6.45) is 98.5. The third kappa shape index (κ3) is 95.0. The van der Waals surface area contributed by atoms with Crippen molar-refractivity contribution in [1.29, 1.82) is 0 Å². The van der Waals surface area contributed by atoms with Crippen molar-refractivity contribution in [2.24, 2.45) is 0 Å². The van der Waals surface area contributed by atoms with Crippen LogP contribution in [0.5, 0.6) is 0 Å². The van der Waals surface area contributed by atoms with Crippen molar-refractivity contribution in [3.05, 3.63) is 97.2 Å². The molecule has 0 fully saturated rings. The Hall–Kier alpha value is -1.84. The molecule has 0 saturated heterocycles. The molecule has 0 heterocycles. The highest BCUT2D eigenvalue weighted by atomic mass is 79.9. The van der Waals surface area contributed by atoms with Crippen molar-refractivity contribution in [3.8, 4) is 0 Å². The van der Waals surface area contributed by atoms with Gasteiger partial charge in [-0.25, -0.2) is 0 Å². The summed E-state index contributed by atoms with van der Waals surface area (Å²) in [5, 5.41) is 3.51. The number of halogens is 1. The number of likely N-dealkylation sites (N-methyl/N-ethyl adjacent to an activating group) is 1. The lowest BCUT2D eigenvalue weighted by atomic mass is 10.1. The number of rotatable bonds is 67. The minimum atomic E-state index is -0.0917. The molecule has 528 valence electrons. The number of hydrogen-bond donors (Lipinski definition) is 1. The second-order valence-electron chi connectivity index (χ2n) is 24.6. The summed E-state index contributed by atoms with van der Waals surface area (Å²) in [6.45, 7) is 13.2. The Bertz CT molecular complexity index is 1370. The molecule has 0 unspecified atom stereocenters. The van der Waals surface area contributed by atoms with Crippen LogP contribution in [-0.2, 0) is 18.9 Å². The quantitative estimate of drug-likeness (QED) is 0.0283. The number of hydrogen-bond acceptors (Lipinski definition) is 6. The van der Waals surface area contributed by atoms with Gasteiger partial charge in [-0.05, 0) is 182 Å². The van der Waals surface area contributed by atoms with Crippen LogP contribution in [0.2, 0.25) is 0 Å². The van der Waals surface area contributed by atoms with Crippen LogP contribution in [0, 0.1) is 0 Å². The van der Waals surface area contributed by atoms with E-state index in [9.17, 15) is 0 Å². The lowest BCUT2D eigenvalue weighted by Crippen LogP contribution is -2.31. The highest BCUT2D eigenvalue weighted by Crippen LogP contribution is 2.15. The summed E-state index contributed by atoms with van der Waals surface area (Å²) in [7, 11) is 7.95. The minimum absolute atomic E-state index is 0. The molecule has 0 amide bonds. The van der Waals surface area contributed by atoms with Crippen molar-refractivity contribution < 1.29 is 18.9 Å². The molecule has 0 aliphatic heterocycles. The van der Waals surface area contributed by atoms with Gasteiger partial charge in [0.25, 0.3) is 0 Å². The van der Waals surface area contributed by atoms with E-state index in [2.05, 4.69) is 165 Å². The van der Waals surface area contributed by atoms with Crippen LogP contribution < -0.4 is 5.32 Å². The van der Waals surface area contributed by atoms with E-state index in [1.165, 1.54) is 257 Å². The smallest absolute Gasteiger partial charge is 0.170 e. The van der Waals surface area contributed by atoms with Crippen molar-refractivity contribution in [2.75, 3.05) is 66.5 Å². The SMILES string of the molecule is C.C.CCCCC/C=C\C/C=C\CCCCCCCCOC(CBr)OCCCCCCCC/C=C\C/C=C\CCCCC.CCCCC/C=C\C/C=C\CCCCCCCCOC(CN(C)C)OCCCCCCCC/C=C\C/C=C\CCCCC.CNC. The van der Waals surface area contributed by atoms with Crippen LogP contribution >= 0.6 is 15.9 Å². The summed E-state index contributed by atoms with van der Waals surface area (Å²) in [5.74, 6) is 0. The summed E-state index contributed by atoms with van der Waals surface area (Å²) in [6, 6.07) is 0. The summed E-state index contributed by atoms with van der Waals surface area (Å²) in [4.78, 5) is 2.17. The molecule has 0 aromatic rings. The fraction of sp³-hybridized carbons (Fsp3) is 0.805. The fourth-order valence-corrected chi connectivity index (χ4v) is 10.2. The molecular weight excluding hydrogens is 1160 g/mol. The molecule has 0 spiro atoms. The molecule has 0 rings (SSSR count). The zero-order chi connectivity index (χ0) is 63.8. The highest BCUT2D eigenvalue weighted by molar-refractivity contribution is 9.09. The molecule has 0 bridgehead atoms. The van der Waals surface area contributed by atoms with E-state index in [4.69, 9.17) is 18.9 Å². The first-order valence-corrected chi connectivity index (χ1v) is 38.5. The zero-order valence-electron chi connectivity index (χ0n) is 59.5. The van der Waals surface area contributed by atoms with E-state index in [0.717, 1.165) is 89.7 Å². The number of nitrogens with one attached hydrogen (secondary N) is 1. The molecule has 1 N–H and O–H groups in total. The number of ether oxygens (including phenoxy) is 4. The second kappa shape index (κ2) is 92.6. The first-order valence-electron chi connectivity index (χ1n) is 37.4. The molecule has 0 aliphatic carbocycles.